The van der Waals surface area contributed by atoms with E-state index in [9.17, 15) is 19.2 Å². The summed E-state index contributed by atoms with van der Waals surface area (Å²) in [6, 6.07) is 18.9. The Morgan fingerprint density at radius 1 is 0.917 bits per heavy atom. The van der Waals surface area contributed by atoms with Crippen LogP contribution < -0.4 is 16.0 Å². The number of nitrogens with one attached hydrogen (secondary N) is 3. The first kappa shape index (κ1) is 42.3. The average molecular weight is 862 g/mol. The molecule has 0 aromatic heterocycles. The number of anilines is 1. The molecule has 0 radical (unpaired) electrons. The first-order valence-corrected chi connectivity index (χ1v) is 21.8. The number of hydrogen-bond acceptors (Lipinski definition) is 8. The summed E-state index contributed by atoms with van der Waals surface area (Å²) in [4.78, 5) is 56.8. The zero-order chi connectivity index (χ0) is 41.9. The highest BCUT2D eigenvalue weighted by atomic mass is 35.5. The lowest BCUT2D eigenvalue weighted by Gasteiger charge is -2.47. The van der Waals surface area contributed by atoms with Crippen LogP contribution >= 0.6 is 23.2 Å². The van der Waals surface area contributed by atoms with E-state index < -0.39 is 28.7 Å². The molecule has 2 saturated heterocycles. The molecule has 60 heavy (non-hydrogen) atoms. The minimum atomic E-state index is -1.30. The summed E-state index contributed by atoms with van der Waals surface area (Å²) >= 11 is 12.7. The Hall–Kier alpha value is -4.40. The van der Waals surface area contributed by atoms with Gasteiger partial charge in [0.2, 0.25) is 23.6 Å². The molecule has 1 unspecified atom stereocenters. The van der Waals surface area contributed by atoms with Gasteiger partial charge >= 0.3 is 0 Å². The van der Waals surface area contributed by atoms with Crippen LogP contribution in [0.15, 0.2) is 71.8 Å². The molecule has 1 aliphatic carbocycles. The third kappa shape index (κ3) is 7.95. The lowest BCUT2D eigenvalue weighted by atomic mass is 9.55. The molecule has 1 saturated carbocycles. The first-order valence-electron chi connectivity index (χ1n) is 21.1. The summed E-state index contributed by atoms with van der Waals surface area (Å²) in [5.74, 6) is -2.41. The van der Waals surface area contributed by atoms with Crippen molar-refractivity contribution in [2.45, 2.75) is 86.7 Å². The number of halogens is 3. The highest BCUT2D eigenvalue weighted by Crippen LogP contribution is 2.62. The van der Waals surface area contributed by atoms with Gasteiger partial charge in [-0.05, 0) is 60.6 Å². The molecule has 8 rings (SSSR count). The lowest BCUT2D eigenvalue weighted by molar-refractivity contribution is -0.142. The summed E-state index contributed by atoms with van der Waals surface area (Å²) in [6.07, 6.45) is 7.85. The third-order valence-corrected chi connectivity index (χ3v) is 13.6. The Balaban J connectivity index is 0.803. The quantitative estimate of drug-likeness (QED) is 0.166. The molecular weight excluding hydrogens is 810 g/mol. The fourth-order valence-corrected chi connectivity index (χ4v) is 10.7. The van der Waals surface area contributed by atoms with Crippen LogP contribution in [0.25, 0.3) is 0 Å². The van der Waals surface area contributed by atoms with Gasteiger partial charge in [0.15, 0.2) is 0 Å². The molecule has 3 aromatic rings. The van der Waals surface area contributed by atoms with Crippen molar-refractivity contribution in [2.75, 3.05) is 51.4 Å². The number of nitrogens with zero attached hydrogens (tertiary/aromatic N) is 3. The number of piperidine rings is 1. The van der Waals surface area contributed by atoms with E-state index in [0.717, 1.165) is 24.8 Å². The van der Waals surface area contributed by atoms with Crippen LogP contribution in [0.1, 0.15) is 86.4 Å². The van der Waals surface area contributed by atoms with Crippen molar-refractivity contribution in [1.29, 1.82) is 0 Å². The molecule has 318 valence electrons. The van der Waals surface area contributed by atoms with Gasteiger partial charge in [0.05, 0.1) is 50.0 Å². The SMILES string of the molecule is O=C(NCCOCCOCCC(=O)N1CCC(C(=O)N2N=CCC2c2ccccc2)CC1)[C@@H]1NC2(CCCCC2)[C@@]2(C(=O)Nc3cc(Cl)ccc32)[C@H]1c1cccc(Cl)c1F. The summed E-state index contributed by atoms with van der Waals surface area (Å²) < 4.78 is 27.5. The fraction of sp³-hybridized carbons (Fsp3) is 0.489. The Kier molecular flexibility index (Phi) is 12.9. The zero-order valence-corrected chi connectivity index (χ0v) is 35.0. The maximum atomic E-state index is 16.1. The molecule has 5 aliphatic rings. The fourth-order valence-electron chi connectivity index (χ4n) is 10.4. The van der Waals surface area contributed by atoms with Gasteiger partial charge in [0.1, 0.15) is 11.2 Å². The summed E-state index contributed by atoms with van der Waals surface area (Å²) in [5, 5.41) is 16.0. The largest absolute Gasteiger partial charge is 0.379 e. The first-order chi connectivity index (χ1) is 29.1. The van der Waals surface area contributed by atoms with E-state index in [4.69, 9.17) is 32.7 Å². The Labute approximate surface area is 359 Å². The summed E-state index contributed by atoms with van der Waals surface area (Å²) in [6.45, 7) is 2.15. The Morgan fingerprint density at radius 2 is 1.67 bits per heavy atom. The van der Waals surface area contributed by atoms with Crippen molar-refractivity contribution in [3.63, 3.8) is 0 Å². The standard InChI is InChI=1S/C45H51Cl2FN6O6/c46-31-12-13-33-35(28-31)51-43(58)45(33)38(32-10-7-11-34(47)39(32)48)40(52-44(45)18-5-2-6-19-44)41(56)49-21-25-60-27-26-59-24-17-37(55)53-22-15-30(16-23-53)42(57)54-36(14-20-50-54)29-8-3-1-4-9-29/h1,3-4,7-13,20,28,30,36,38,40,52H,2,5-6,14-19,21-27H2,(H,49,56)(H,51,58)/t36?,38-,40+,45+/m0/s1. The molecule has 3 aromatic carbocycles. The van der Waals surface area contributed by atoms with E-state index in [1.54, 1.807) is 40.4 Å². The minimum absolute atomic E-state index is 0.0107. The van der Waals surface area contributed by atoms with E-state index in [-0.39, 0.29) is 85.6 Å². The van der Waals surface area contributed by atoms with Crippen molar-refractivity contribution in [3.8, 4) is 0 Å². The summed E-state index contributed by atoms with van der Waals surface area (Å²) in [5.41, 5.74) is 0.391. The van der Waals surface area contributed by atoms with Gasteiger partial charge in [-0.2, -0.15) is 5.10 Å². The van der Waals surface area contributed by atoms with Crippen molar-refractivity contribution in [2.24, 2.45) is 11.0 Å². The lowest BCUT2D eigenvalue weighted by Crippen LogP contribution is -2.60. The number of carbonyl (C=O) groups excluding carboxylic acids is 4. The van der Waals surface area contributed by atoms with Gasteiger partial charge in [-0.3, -0.25) is 24.5 Å². The van der Waals surface area contributed by atoms with E-state index in [1.807, 2.05) is 36.4 Å². The van der Waals surface area contributed by atoms with Crippen molar-refractivity contribution in [3.05, 3.63) is 99.3 Å². The smallest absolute Gasteiger partial charge is 0.246 e. The van der Waals surface area contributed by atoms with Gasteiger partial charge in [-0.25, -0.2) is 9.40 Å². The summed E-state index contributed by atoms with van der Waals surface area (Å²) in [7, 11) is 0. The van der Waals surface area contributed by atoms with E-state index in [0.29, 0.717) is 61.5 Å². The maximum Gasteiger partial charge on any atom is 0.246 e. The molecule has 4 heterocycles. The predicted molar refractivity (Wildman–Crippen MR) is 226 cm³/mol. The van der Waals surface area contributed by atoms with Gasteiger partial charge in [0, 0.05) is 60.4 Å². The number of rotatable bonds is 13. The minimum Gasteiger partial charge on any atom is -0.379 e. The normalized spacial score (nSPS) is 24.6. The number of amides is 4. The molecule has 2 spiro atoms. The molecule has 0 bridgehead atoms. The topological polar surface area (TPSA) is 142 Å². The van der Waals surface area contributed by atoms with Crippen LogP contribution in [0.3, 0.4) is 0 Å². The maximum absolute atomic E-state index is 16.1. The van der Waals surface area contributed by atoms with E-state index in [2.05, 4.69) is 21.1 Å². The second-order valence-electron chi connectivity index (χ2n) is 16.4. The number of hydrazone groups is 1. The number of benzene rings is 3. The zero-order valence-electron chi connectivity index (χ0n) is 33.5. The van der Waals surface area contributed by atoms with Crippen LogP contribution in [0.2, 0.25) is 10.0 Å². The second kappa shape index (κ2) is 18.3. The third-order valence-electron chi connectivity index (χ3n) is 13.1. The Bertz CT molecular complexity index is 2110. The van der Waals surface area contributed by atoms with Crippen LogP contribution in [0.4, 0.5) is 10.1 Å². The van der Waals surface area contributed by atoms with E-state index >= 15 is 4.39 Å². The van der Waals surface area contributed by atoms with Crippen LogP contribution in [-0.4, -0.2) is 97.4 Å². The van der Waals surface area contributed by atoms with Crippen molar-refractivity contribution >= 4 is 58.7 Å². The van der Waals surface area contributed by atoms with Crippen molar-refractivity contribution in [1.82, 2.24) is 20.5 Å². The number of hydrogen-bond donors (Lipinski definition) is 3. The number of fused-ring (bicyclic) bond motifs is 3. The highest BCUT2D eigenvalue weighted by Gasteiger charge is 2.72. The van der Waals surface area contributed by atoms with Gasteiger partial charge in [-0.1, -0.05) is 91.0 Å². The molecule has 4 atom stereocenters. The predicted octanol–water partition coefficient (Wildman–Crippen LogP) is 6.52. The van der Waals surface area contributed by atoms with Crippen LogP contribution in [-0.2, 0) is 34.1 Å². The van der Waals surface area contributed by atoms with Gasteiger partial charge in [-0.15, -0.1) is 0 Å². The molecule has 12 nitrogen and oxygen atoms in total. The number of carbonyl (C=O) groups is 4. The Morgan fingerprint density at radius 3 is 2.43 bits per heavy atom. The molecule has 4 aliphatic heterocycles. The molecule has 3 N–H and O–H groups in total. The average Bonchev–Trinajstić information content (AvgIpc) is 3.95. The second-order valence-corrected chi connectivity index (χ2v) is 17.2. The van der Waals surface area contributed by atoms with Crippen LogP contribution in [0.5, 0.6) is 0 Å². The van der Waals surface area contributed by atoms with Crippen LogP contribution in [0, 0.1) is 11.7 Å². The number of likely N-dealkylation sites (tertiary alicyclic amines) is 1. The van der Waals surface area contributed by atoms with Crippen molar-refractivity contribution < 1.29 is 33.0 Å². The monoisotopic (exact) mass is 860 g/mol. The molecule has 15 heteroatoms. The van der Waals surface area contributed by atoms with Gasteiger partial charge < -0.3 is 25.0 Å². The highest BCUT2D eigenvalue weighted by molar-refractivity contribution is 6.31. The number of ether oxygens (including phenoxy) is 2. The van der Waals surface area contributed by atoms with Gasteiger partial charge in [0.25, 0.3) is 0 Å². The molecule has 4 amide bonds. The molecule has 3 fully saturated rings. The van der Waals surface area contributed by atoms with E-state index in [1.165, 1.54) is 6.07 Å². The molecular formula is C45H51Cl2FN6O6.